The van der Waals surface area contributed by atoms with Gasteiger partial charge in [-0.25, -0.2) is 13.1 Å². The van der Waals surface area contributed by atoms with Crippen LogP contribution in [0.4, 0.5) is 0 Å². The number of rotatable bonds is 8. The first-order valence-electron chi connectivity index (χ1n) is 8.63. The molecule has 0 saturated carbocycles. The number of hydrogen-bond donors (Lipinski definition) is 1. The molecule has 0 heterocycles. The first kappa shape index (κ1) is 21.6. The molecule has 1 rings (SSSR count). The van der Waals surface area contributed by atoms with Crippen molar-refractivity contribution in [1.82, 2.24) is 4.72 Å². The van der Waals surface area contributed by atoms with E-state index in [0.717, 1.165) is 12.0 Å². The van der Waals surface area contributed by atoms with Crippen LogP contribution >= 0.6 is 0 Å². The standard InChI is InChI=1S/C19H31NO4S/c1-14-10-12-16(13-11-14)25(22,23)20-18(19(3,4)5)15(2)8-7-9-17(21)24-6/h10-13,15,18,20H,7-9H2,1-6H3/t15-,18+/m0/s1. The lowest BCUT2D eigenvalue weighted by Crippen LogP contribution is -2.47. The van der Waals surface area contributed by atoms with Gasteiger partial charge in [0.05, 0.1) is 12.0 Å². The molecule has 0 amide bonds. The zero-order chi connectivity index (χ0) is 19.3. The number of hydrogen-bond acceptors (Lipinski definition) is 4. The minimum absolute atomic E-state index is 0.0879. The summed E-state index contributed by atoms with van der Waals surface area (Å²) < 4.78 is 33.0. The Morgan fingerprint density at radius 1 is 1.20 bits per heavy atom. The van der Waals surface area contributed by atoms with E-state index in [4.69, 9.17) is 0 Å². The summed E-state index contributed by atoms with van der Waals surface area (Å²) in [5.74, 6) is -0.148. The summed E-state index contributed by atoms with van der Waals surface area (Å²) in [5, 5.41) is 0. The van der Waals surface area contributed by atoms with E-state index >= 15 is 0 Å². The van der Waals surface area contributed by atoms with Crippen molar-refractivity contribution in [3.05, 3.63) is 29.8 Å². The second-order valence-electron chi connectivity index (χ2n) is 7.72. The molecule has 5 nitrogen and oxygen atoms in total. The van der Waals surface area contributed by atoms with Crippen molar-refractivity contribution in [3.63, 3.8) is 0 Å². The summed E-state index contributed by atoms with van der Waals surface area (Å²) in [7, 11) is -2.22. The highest BCUT2D eigenvalue weighted by molar-refractivity contribution is 7.89. The van der Waals surface area contributed by atoms with Crippen LogP contribution in [0.3, 0.4) is 0 Å². The van der Waals surface area contributed by atoms with Crippen molar-refractivity contribution in [2.24, 2.45) is 11.3 Å². The Hall–Kier alpha value is -1.40. The van der Waals surface area contributed by atoms with Gasteiger partial charge < -0.3 is 4.74 Å². The van der Waals surface area contributed by atoms with Crippen LogP contribution in [0.25, 0.3) is 0 Å². The monoisotopic (exact) mass is 369 g/mol. The number of methoxy groups -OCH3 is 1. The van der Waals surface area contributed by atoms with Crippen molar-refractivity contribution in [1.29, 1.82) is 0 Å². The number of ether oxygens (including phenoxy) is 1. The van der Waals surface area contributed by atoms with Crippen molar-refractivity contribution >= 4 is 16.0 Å². The lowest BCUT2D eigenvalue weighted by molar-refractivity contribution is -0.140. The van der Waals surface area contributed by atoms with Gasteiger partial charge in [0.2, 0.25) is 10.0 Å². The maximum atomic E-state index is 12.7. The summed E-state index contributed by atoms with van der Waals surface area (Å²) >= 11 is 0. The molecule has 6 heteroatoms. The fourth-order valence-corrected chi connectivity index (χ4v) is 4.49. The van der Waals surface area contributed by atoms with Crippen LogP contribution in [0, 0.1) is 18.3 Å². The molecule has 0 saturated heterocycles. The van der Waals surface area contributed by atoms with Gasteiger partial charge in [0.15, 0.2) is 0 Å². The number of carbonyl (C=O) groups is 1. The third-order valence-electron chi connectivity index (χ3n) is 4.38. The quantitative estimate of drug-likeness (QED) is 0.710. The zero-order valence-corrected chi connectivity index (χ0v) is 16.9. The van der Waals surface area contributed by atoms with Gasteiger partial charge in [-0.05, 0) is 43.2 Å². The minimum Gasteiger partial charge on any atom is -0.469 e. The van der Waals surface area contributed by atoms with E-state index in [9.17, 15) is 13.2 Å². The molecule has 1 N–H and O–H groups in total. The number of sulfonamides is 1. The summed E-state index contributed by atoms with van der Waals surface area (Å²) in [6.45, 7) is 10.0. The largest absolute Gasteiger partial charge is 0.469 e. The zero-order valence-electron chi connectivity index (χ0n) is 16.1. The van der Waals surface area contributed by atoms with Crippen molar-refractivity contribution in [3.8, 4) is 0 Å². The number of esters is 1. The van der Waals surface area contributed by atoms with E-state index < -0.39 is 10.0 Å². The van der Waals surface area contributed by atoms with E-state index in [1.54, 1.807) is 24.3 Å². The van der Waals surface area contributed by atoms with Gasteiger partial charge in [0.1, 0.15) is 0 Å². The van der Waals surface area contributed by atoms with Gasteiger partial charge >= 0.3 is 5.97 Å². The van der Waals surface area contributed by atoms with Crippen molar-refractivity contribution in [2.75, 3.05) is 7.11 Å². The van der Waals surface area contributed by atoms with Crippen molar-refractivity contribution < 1.29 is 17.9 Å². The molecular formula is C19H31NO4S. The lowest BCUT2D eigenvalue weighted by Gasteiger charge is -2.36. The minimum atomic E-state index is -3.59. The van der Waals surface area contributed by atoms with Crippen LogP contribution in [0.5, 0.6) is 0 Å². The van der Waals surface area contributed by atoms with Gasteiger partial charge in [-0.1, -0.05) is 45.4 Å². The van der Waals surface area contributed by atoms with Gasteiger partial charge in [-0.15, -0.1) is 0 Å². The Morgan fingerprint density at radius 2 is 1.76 bits per heavy atom. The van der Waals surface area contributed by atoms with E-state index in [2.05, 4.69) is 9.46 Å². The molecule has 1 aromatic rings. The fraction of sp³-hybridized carbons (Fsp3) is 0.632. The average Bonchev–Trinajstić information content (AvgIpc) is 2.51. The maximum Gasteiger partial charge on any atom is 0.305 e. The second kappa shape index (κ2) is 8.81. The second-order valence-corrected chi connectivity index (χ2v) is 9.44. The molecule has 0 aromatic heterocycles. The van der Waals surface area contributed by atoms with Crippen LogP contribution < -0.4 is 4.72 Å². The van der Waals surface area contributed by atoms with Crippen molar-refractivity contribution in [2.45, 2.75) is 64.8 Å². The molecule has 0 fully saturated rings. The summed E-state index contributed by atoms with van der Waals surface area (Å²) in [6, 6.07) is 6.59. The number of aryl methyl sites for hydroxylation is 1. The molecular weight excluding hydrogens is 338 g/mol. The number of benzene rings is 1. The molecule has 25 heavy (non-hydrogen) atoms. The molecule has 0 aliphatic rings. The predicted octanol–water partition coefficient (Wildman–Crippen LogP) is 3.67. The normalized spacial score (nSPS) is 14.8. The Balaban J connectivity index is 2.88. The van der Waals surface area contributed by atoms with Crippen LogP contribution in [0.15, 0.2) is 29.2 Å². The van der Waals surface area contributed by atoms with Crippen LogP contribution in [-0.4, -0.2) is 27.5 Å². The van der Waals surface area contributed by atoms with E-state index in [1.165, 1.54) is 7.11 Å². The Labute approximate surface area is 152 Å². The fourth-order valence-electron chi connectivity index (χ4n) is 2.94. The smallest absolute Gasteiger partial charge is 0.305 e. The van der Waals surface area contributed by atoms with Gasteiger partial charge in [0.25, 0.3) is 0 Å². The first-order chi connectivity index (χ1) is 11.5. The maximum absolute atomic E-state index is 12.7. The molecule has 0 bridgehead atoms. The van der Waals surface area contributed by atoms with E-state index in [-0.39, 0.29) is 28.2 Å². The lowest BCUT2D eigenvalue weighted by atomic mass is 9.78. The molecule has 1 aromatic carbocycles. The Kier molecular flexibility index (Phi) is 7.62. The number of carbonyl (C=O) groups excluding carboxylic acids is 1. The summed E-state index contributed by atoms with van der Waals surface area (Å²) in [6.07, 6.45) is 1.77. The predicted molar refractivity (Wildman–Crippen MR) is 99.8 cm³/mol. The molecule has 0 radical (unpaired) electrons. The third kappa shape index (κ3) is 6.78. The topological polar surface area (TPSA) is 72.5 Å². The molecule has 2 atom stereocenters. The molecule has 0 aliphatic carbocycles. The molecule has 142 valence electrons. The summed E-state index contributed by atoms with van der Waals surface area (Å²) in [5.41, 5.74) is 0.769. The molecule has 0 spiro atoms. The summed E-state index contributed by atoms with van der Waals surface area (Å²) in [4.78, 5) is 11.5. The average molecular weight is 370 g/mol. The highest BCUT2D eigenvalue weighted by Gasteiger charge is 2.33. The van der Waals surface area contributed by atoms with Crippen LogP contribution in [0.1, 0.15) is 52.5 Å². The highest BCUT2D eigenvalue weighted by Crippen LogP contribution is 2.29. The SMILES string of the molecule is COC(=O)CCC[C@H](C)[C@@H](NS(=O)(=O)c1ccc(C)cc1)C(C)(C)C. The Bertz CT molecular complexity index is 660. The molecule has 0 unspecified atom stereocenters. The van der Waals surface area contributed by atoms with Gasteiger partial charge in [0, 0.05) is 12.5 Å². The molecule has 0 aliphatic heterocycles. The number of nitrogens with one attached hydrogen (secondary N) is 1. The third-order valence-corrected chi connectivity index (χ3v) is 5.84. The first-order valence-corrected chi connectivity index (χ1v) is 10.1. The van der Waals surface area contributed by atoms with Crippen LogP contribution in [0.2, 0.25) is 0 Å². The van der Waals surface area contributed by atoms with Gasteiger partial charge in [-0.2, -0.15) is 0 Å². The van der Waals surface area contributed by atoms with Gasteiger partial charge in [-0.3, -0.25) is 4.79 Å². The van der Waals surface area contributed by atoms with E-state index in [1.807, 2.05) is 34.6 Å². The highest BCUT2D eigenvalue weighted by atomic mass is 32.2. The van der Waals surface area contributed by atoms with E-state index in [0.29, 0.717) is 12.8 Å². The van der Waals surface area contributed by atoms with Crippen LogP contribution in [-0.2, 0) is 19.6 Å². The Morgan fingerprint density at radius 3 is 2.24 bits per heavy atom.